The fourth-order valence-corrected chi connectivity index (χ4v) is 3.52. The Kier molecular flexibility index (Phi) is 8.18. The average Bonchev–Trinajstić information content (AvgIpc) is 2.79. The molecule has 0 atom stereocenters. The van der Waals surface area contributed by atoms with Crippen molar-refractivity contribution in [2.75, 3.05) is 44.2 Å². The molecule has 0 unspecified atom stereocenters. The van der Waals surface area contributed by atoms with Gasteiger partial charge in [0.1, 0.15) is 0 Å². The summed E-state index contributed by atoms with van der Waals surface area (Å²) in [5.41, 5.74) is 2.12. The van der Waals surface area contributed by atoms with E-state index in [4.69, 9.17) is 9.98 Å². The number of halogens is 1. The molecule has 3 heterocycles. The Hall–Kier alpha value is -2.49. The predicted molar refractivity (Wildman–Crippen MR) is 133 cm³/mol. The number of piperazine rings is 1. The molecule has 4 rings (SSSR count). The summed E-state index contributed by atoms with van der Waals surface area (Å²) in [7, 11) is 0. The molecule has 158 valence electrons. The molecule has 0 radical (unpaired) electrons. The Bertz CT molecular complexity index is 956. The fraction of sp³-hybridized carbons (Fsp3) is 0.364. The van der Waals surface area contributed by atoms with Gasteiger partial charge < -0.3 is 15.1 Å². The van der Waals surface area contributed by atoms with Crippen molar-refractivity contribution in [2.24, 2.45) is 4.99 Å². The van der Waals surface area contributed by atoms with Crippen molar-refractivity contribution in [3.05, 3.63) is 60.6 Å². The maximum Gasteiger partial charge on any atom is 0.225 e. The van der Waals surface area contributed by atoms with Gasteiger partial charge in [0.05, 0.1) is 5.52 Å². The maximum absolute atomic E-state index is 4.85. The Morgan fingerprint density at radius 1 is 1.00 bits per heavy atom. The lowest BCUT2D eigenvalue weighted by atomic mass is 10.2. The summed E-state index contributed by atoms with van der Waals surface area (Å²) < 4.78 is 0. The number of rotatable bonds is 5. The highest BCUT2D eigenvalue weighted by atomic mass is 127. The molecule has 1 aromatic carbocycles. The van der Waals surface area contributed by atoms with E-state index in [1.807, 2.05) is 18.2 Å². The molecular formula is C22H28IN7. The van der Waals surface area contributed by atoms with Gasteiger partial charge in [0, 0.05) is 69.2 Å². The van der Waals surface area contributed by atoms with Gasteiger partial charge in [-0.3, -0.25) is 9.98 Å². The molecule has 0 bridgehead atoms. The number of nitrogens with one attached hydrogen (secondary N) is 1. The smallest absolute Gasteiger partial charge is 0.225 e. The number of pyridine rings is 1. The van der Waals surface area contributed by atoms with E-state index in [2.05, 4.69) is 56.3 Å². The van der Waals surface area contributed by atoms with E-state index < -0.39 is 0 Å². The summed E-state index contributed by atoms with van der Waals surface area (Å²) in [5.74, 6) is 1.78. The van der Waals surface area contributed by atoms with E-state index in [-0.39, 0.29) is 24.0 Å². The molecule has 0 spiro atoms. The first kappa shape index (κ1) is 22.2. The monoisotopic (exact) mass is 517 g/mol. The molecule has 1 N–H and O–H groups in total. The number of para-hydroxylation sites is 1. The highest BCUT2D eigenvalue weighted by Crippen LogP contribution is 2.13. The van der Waals surface area contributed by atoms with E-state index in [9.17, 15) is 0 Å². The van der Waals surface area contributed by atoms with Gasteiger partial charge >= 0.3 is 0 Å². The highest BCUT2D eigenvalue weighted by Gasteiger charge is 2.20. The van der Waals surface area contributed by atoms with Crippen LogP contribution < -0.4 is 10.2 Å². The molecule has 8 heteroatoms. The van der Waals surface area contributed by atoms with Crippen LogP contribution in [0.4, 0.5) is 5.95 Å². The van der Waals surface area contributed by atoms with Crippen molar-refractivity contribution in [2.45, 2.75) is 13.3 Å². The van der Waals surface area contributed by atoms with Crippen LogP contribution in [0.2, 0.25) is 0 Å². The maximum atomic E-state index is 4.85. The first-order valence-corrected chi connectivity index (χ1v) is 10.2. The van der Waals surface area contributed by atoms with Gasteiger partial charge in [0.25, 0.3) is 0 Å². The minimum absolute atomic E-state index is 0. The Morgan fingerprint density at radius 2 is 1.77 bits per heavy atom. The largest absolute Gasteiger partial charge is 0.357 e. The molecule has 1 aliphatic rings. The third kappa shape index (κ3) is 5.56. The van der Waals surface area contributed by atoms with Crippen molar-refractivity contribution >= 4 is 46.8 Å². The van der Waals surface area contributed by atoms with Crippen molar-refractivity contribution in [1.82, 2.24) is 25.2 Å². The molecule has 1 aliphatic heterocycles. The van der Waals surface area contributed by atoms with Crippen LogP contribution in [0.5, 0.6) is 0 Å². The van der Waals surface area contributed by atoms with Crippen LogP contribution in [0.3, 0.4) is 0 Å². The van der Waals surface area contributed by atoms with E-state index in [0.717, 1.165) is 68.8 Å². The second-order valence-electron chi connectivity index (χ2n) is 7.00. The molecule has 0 aliphatic carbocycles. The summed E-state index contributed by atoms with van der Waals surface area (Å²) in [6.45, 7) is 7.26. The second-order valence-corrected chi connectivity index (χ2v) is 7.00. The Labute approximate surface area is 194 Å². The van der Waals surface area contributed by atoms with Crippen LogP contribution in [-0.2, 0) is 6.42 Å². The predicted octanol–water partition coefficient (Wildman–Crippen LogP) is 2.97. The zero-order valence-corrected chi connectivity index (χ0v) is 19.6. The molecule has 0 saturated carbocycles. The first-order chi connectivity index (χ1) is 14.3. The van der Waals surface area contributed by atoms with Crippen LogP contribution in [-0.4, -0.2) is 65.1 Å². The lowest BCUT2D eigenvalue weighted by Crippen LogP contribution is -2.53. The molecule has 0 amide bonds. The fourth-order valence-electron chi connectivity index (χ4n) is 3.52. The van der Waals surface area contributed by atoms with Crippen molar-refractivity contribution < 1.29 is 0 Å². The van der Waals surface area contributed by atoms with Crippen LogP contribution in [0.1, 0.15) is 12.6 Å². The highest BCUT2D eigenvalue weighted by molar-refractivity contribution is 14.0. The third-order valence-corrected chi connectivity index (χ3v) is 5.03. The minimum atomic E-state index is 0. The second kappa shape index (κ2) is 11.1. The molecular weight excluding hydrogens is 489 g/mol. The van der Waals surface area contributed by atoms with Gasteiger partial charge in [-0.05, 0) is 25.1 Å². The molecule has 30 heavy (non-hydrogen) atoms. The molecule has 1 saturated heterocycles. The van der Waals surface area contributed by atoms with E-state index in [1.165, 1.54) is 5.39 Å². The van der Waals surface area contributed by atoms with E-state index in [0.29, 0.717) is 0 Å². The quantitative estimate of drug-likeness (QED) is 0.319. The van der Waals surface area contributed by atoms with Crippen LogP contribution in [0.15, 0.2) is 59.9 Å². The molecule has 3 aromatic rings. The SMILES string of the molecule is CCNC(=NCCc1ccc2ccccc2n1)N1CCN(c2ncccn2)CC1.I. The van der Waals surface area contributed by atoms with Crippen LogP contribution in [0, 0.1) is 0 Å². The zero-order chi connectivity index (χ0) is 19.9. The van der Waals surface area contributed by atoms with Gasteiger partial charge in [0.2, 0.25) is 5.95 Å². The summed E-state index contributed by atoms with van der Waals surface area (Å²) >= 11 is 0. The zero-order valence-electron chi connectivity index (χ0n) is 17.2. The molecule has 7 nitrogen and oxygen atoms in total. The van der Waals surface area contributed by atoms with Gasteiger partial charge in [-0.25, -0.2) is 9.97 Å². The van der Waals surface area contributed by atoms with E-state index >= 15 is 0 Å². The number of nitrogens with zero attached hydrogens (tertiary/aromatic N) is 6. The first-order valence-electron chi connectivity index (χ1n) is 10.2. The van der Waals surface area contributed by atoms with Crippen molar-refractivity contribution in [1.29, 1.82) is 0 Å². The van der Waals surface area contributed by atoms with Crippen molar-refractivity contribution in [3.8, 4) is 0 Å². The van der Waals surface area contributed by atoms with Gasteiger partial charge in [-0.1, -0.05) is 24.3 Å². The van der Waals surface area contributed by atoms with E-state index in [1.54, 1.807) is 12.4 Å². The number of guanidine groups is 1. The number of hydrogen-bond acceptors (Lipinski definition) is 5. The molecule has 2 aromatic heterocycles. The Morgan fingerprint density at radius 3 is 2.53 bits per heavy atom. The number of benzene rings is 1. The number of aliphatic imine (C=N–C) groups is 1. The lowest BCUT2D eigenvalue weighted by molar-refractivity contribution is 0.370. The van der Waals surface area contributed by atoms with Crippen molar-refractivity contribution in [3.63, 3.8) is 0 Å². The summed E-state index contributed by atoms with van der Waals surface area (Å²) in [6, 6.07) is 14.3. The summed E-state index contributed by atoms with van der Waals surface area (Å²) in [5, 5.41) is 4.60. The Balaban J connectivity index is 0.00000256. The minimum Gasteiger partial charge on any atom is -0.357 e. The van der Waals surface area contributed by atoms with Gasteiger partial charge in [0.15, 0.2) is 5.96 Å². The van der Waals surface area contributed by atoms with Gasteiger partial charge in [-0.2, -0.15) is 0 Å². The standard InChI is InChI=1S/C22H27N7.HI/c1-2-23-21(28-14-16-29(17-15-28)22-24-11-5-12-25-22)26-13-10-19-9-8-18-6-3-4-7-20(18)27-19;/h3-9,11-12H,2,10,13-17H2,1H3,(H,23,26);1H. The number of aromatic nitrogens is 3. The van der Waals surface area contributed by atoms with Crippen LogP contribution >= 0.6 is 24.0 Å². The number of anilines is 1. The van der Waals surface area contributed by atoms with Gasteiger partial charge in [-0.15, -0.1) is 24.0 Å². The average molecular weight is 517 g/mol. The summed E-state index contributed by atoms with van der Waals surface area (Å²) in [4.78, 5) is 22.9. The molecule has 1 fully saturated rings. The summed E-state index contributed by atoms with van der Waals surface area (Å²) in [6.07, 6.45) is 4.42. The normalized spacial score (nSPS) is 14.5. The lowest BCUT2D eigenvalue weighted by Gasteiger charge is -2.36. The third-order valence-electron chi connectivity index (χ3n) is 5.03. The topological polar surface area (TPSA) is 69.5 Å². The number of fused-ring (bicyclic) bond motifs is 1. The number of hydrogen-bond donors (Lipinski definition) is 1. The van der Waals surface area contributed by atoms with Crippen LogP contribution in [0.25, 0.3) is 10.9 Å².